The third-order valence-corrected chi connectivity index (χ3v) is 5.65. The van der Waals surface area contributed by atoms with Crippen LogP contribution in [0.3, 0.4) is 0 Å². The molecule has 0 bridgehead atoms. The number of halogens is 1. The van der Waals surface area contributed by atoms with Gasteiger partial charge in [0.05, 0.1) is 5.60 Å². The molecule has 102 valence electrons. The van der Waals surface area contributed by atoms with Crippen molar-refractivity contribution >= 4 is 21.6 Å². The lowest BCUT2D eigenvalue weighted by atomic mass is 9.66. The van der Waals surface area contributed by atoms with Crippen molar-refractivity contribution < 1.29 is 4.74 Å². The molecular weight excluding hydrogens is 302 g/mol. The summed E-state index contributed by atoms with van der Waals surface area (Å²) < 4.78 is 6.71. The van der Waals surface area contributed by atoms with Gasteiger partial charge in [-0.25, -0.2) is 0 Å². The summed E-state index contributed by atoms with van der Waals surface area (Å²) in [4.78, 5) is 0. The van der Waals surface area contributed by atoms with E-state index in [9.17, 15) is 0 Å². The van der Waals surface area contributed by atoms with Gasteiger partial charge in [0.1, 0.15) is 0 Å². The molecule has 3 rings (SSSR count). The Hall–Kier alpha value is -0.670. The van der Waals surface area contributed by atoms with E-state index in [1.165, 1.54) is 5.56 Å². The molecule has 1 fully saturated rings. The highest BCUT2D eigenvalue weighted by Crippen LogP contribution is 2.50. The zero-order valence-corrected chi connectivity index (χ0v) is 13.1. The fourth-order valence-electron chi connectivity index (χ4n) is 3.56. The molecular formula is C16H20BrNO. The highest BCUT2D eigenvalue weighted by molar-refractivity contribution is 9.10. The SMILES string of the molecule is CO[C@]1(C)CC[C@@]2(CC1)Cc1ccc(Br)cc1C2=N. The minimum Gasteiger partial charge on any atom is -0.379 e. The number of benzene rings is 1. The average molecular weight is 322 g/mol. The van der Waals surface area contributed by atoms with Gasteiger partial charge in [0.25, 0.3) is 0 Å². The Morgan fingerprint density at radius 2 is 1.89 bits per heavy atom. The van der Waals surface area contributed by atoms with Gasteiger partial charge in [0.15, 0.2) is 0 Å². The summed E-state index contributed by atoms with van der Waals surface area (Å²) in [6.07, 6.45) is 5.29. The Morgan fingerprint density at radius 3 is 2.53 bits per heavy atom. The van der Waals surface area contributed by atoms with E-state index in [0.717, 1.165) is 47.9 Å². The number of ether oxygens (including phenoxy) is 1. The van der Waals surface area contributed by atoms with Crippen LogP contribution in [0, 0.1) is 10.8 Å². The second-order valence-corrected chi connectivity index (χ2v) is 7.20. The van der Waals surface area contributed by atoms with Crippen molar-refractivity contribution in [2.24, 2.45) is 5.41 Å². The summed E-state index contributed by atoms with van der Waals surface area (Å²) in [7, 11) is 1.81. The van der Waals surface area contributed by atoms with Crippen molar-refractivity contribution in [3.63, 3.8) is 0 Å². The van der Waals surface area contributed by atoms with Crippen LogP contribution in [0.5, 0.6) is 0 Å². The van der Waals surface area contributed by atoms with E-state index in [2.05, 4.69) is 41.1 Å². The third kappa shape index (κ3) is 2.07. The summed E-state index contributed by atoms with van der Waals surface area (Å²) in [5.74, 6) is 0. The molecule has 1 aromatic carbocycles. The molecule has 0 atom stereocenters. The quantitative estimate of drug-likeness (QED) is 0.820. The molecule has 0 aromatic heterocycles. The normalized spacial score (nSPS) is 33.7. The molecule has 0 unspecified atom stereocenters. The topological polar surface area (TPSA) is 33.1 Å². The molecule has 2 aliphatic rings. The fraction of sp³-hybridized carbons (Fsp3) is 0.562. The van der Waals surface area contributed by atoms with Crippen LogP contribution in [0.15, 0.2) is 22.7 Å². The highest BCUT2D eigenvalue weighted by atomic mass is 79.9. The van der Waals surface area contributed by atoms with E-state index < -0.39 is 0 Å². The van der Waals surface area contributed by atoms with E-state index in [1.54, 1.807) is 0 Å². The van der Waals surface area contributed by atoms with Crippen molar-refractivity contribution in [1.82, 2.24) is 0 Å². The molecule has 0 saturated heterocycles. The first-order valence-corrected chi connectivity index (χ1v) is 7.70. The van der Waals surface area contributed by atoms with E-state index in [-0.39, 0.29) is 11.0 Å². The van der Waals surface area contributed by atoms with Crippen LogP contribution < -0.4 is 0 Å². The third-order valence-electron chi connectivity index (χ3n) is 5.16. The molecule has 2 nitrogen and oxygen atoms in total. The molecule has 1 spiro atoms. The van der Waals surface area contributed by atoms with E-state index in [0.29, 0.717) is 0 Å². The van der Waals surface area contributed by atoms with Crippen LogP contribution in [-0.2, 0) is 11.2 Å². The van der Waals surface area contributed by atoms with Crippen LogP contribution in [-0.4, -0.2) is 18.4 Å². The van der Waals surface area contributed by atoms with Gasteiger partial charge in [0.2, 0.25) is 0 Å². The summed E-state index contributed by atoms with van der Waals surface area (Å²) >= 11 is 3.52. The van der Waals surface area contributed by atoms with Crippen molar-refractivity contribution in [3.05, 3.63) is 33.8 Å². The lowest BCUT2D eigenvalue weighted by Gasteiger charge is -2.42. The number of hydrogen-bond donors (Lipinski definition) is 1. The van der Waals surface area contributed by atoms with Gasteiger partial charge in [-0.05, 0) is 56.7 Å². The zero-order valence-electron chi connectivity index (χ0n) is 11.6. The standard InChI is InChI=1S/C16H20BrNO/c1-15(19-2)5-7-16(8-6-15)10-11-3-4-12(17)9-13(11)14(16)18/h3-4,9,18H,5-8,10H2,1-2H3/t15-,16-. The van der Waals surface area contributed by atoms with Gasteiger partial charge < -0.3 is 10.1 Å². The van der Waals surface area contributed by atoms with E-state index in [4.69, 9.17) is 10.1 Å². The molecule has 3 heteroatoms. The summed E-state index contributed by atoms with van der Waals surface area (Å²) in [6.45, 7) is 2.20. The molecule has 0 heterocycles. The second-order valence-electron chi connectivity index (χ2n) is 6.29. The second kappa shape index (κ2) is 4.42. The number of nitrogens with one attached hydrogen (secondary N) is 1. The number of fused-ring (bicyclic) bond motifs is 1. The molecule has 1 aromatic rings. The summed E-state index contributed by atoms with van der Waals surface area (Å²) in [6, 6.07) is 6.37. The Bertz CT molecular complexity index is 530. The Balaban J connectivity index is 1.88. The van der Waals surface area contributed by atoms with Crippen LogP contribution in [0.1, 0.15) is 43.7 Å². The maximum Gasteiger partial charge on any atom is 0.0651 e. The van der Waals surface area contributed by atoms with Crippen molar-refractivity contribution in [2.75, 3.05) is 7.11 Å². The average Bonchev–Trinajstić information content (AvgIpc) is 2.68. The summed E-state index contributed by atoms with van der Waals surface area (Å²) in [5.41, 5.74) is 3.42. The first kappa shape index (κ1) is 13.3. The smallest absolute Gasteiger partial charge is 0.0651 e. The van der Waals surface area contributed by atoms with Gasteiger partial charge in [-0.2, -0.15) is 0 Å². The molecule has 19 heavy (non-hydrogen) atoms. The molecule has 0 aliphatic heterocycles. The van der Waals surface area contributed by atoms with Crippen LogP contribution >= 0.6 is 15.9 Å². The summed E-state index contributed by atoms with van der Waals surface area (Å²) in [5, 5.41) is 8.59. The first-order chi connectivity index (χ1) is 8.98. The highest BCUT2D eigenvalue weighted by Gasteiger charge is 2.47. The fourth-order valence-corrected chi connectivity index (χ4v) is 3.92. The van der Waals surface area contributed by atoms with Crippen LogP contribution in [0.25, 0.3) is 0 Å². The van der Waals surface area contributed by atoms with Gasteiger partial charge in [-0.1, -0.05) is 22.0 Å². The largest absolute Gasteiger partial charge is 0.379 e. The predicted octanol–water partition coefficient (Wildman–Crippen LogP) is 4.34. The lowest BCUT2D eigenvalue weighted by Crippen LogP contribution is -2.41. The minimum atomic E-state index is 0.0148. The maximum absolute atomic E-state index is 8.59. The van der Waals surface area contributed by atoms with Crippen molar-refractivity contribution in [2.45, 2.75) is 44.6 Å². The number of rotatable bonds is 1. The molecule has 2 aliphatic carbocycles. The molecule has 1 saturated carbocycles. The predicted molar refractivity (Wildman–Crippen MR) is 81.0 cm³/mol. The maximum atomic E-state index is 8.59. The number of methoxy groups -OCH3 is 1. The van der Waals surface area contributed by atoms with Gasteiger partial charge in [-0.15, -0.1) is 0 Å². The molecule has 0 radical (unpaired) electrons. The Kier molecular flexibility index (Phi) is 3.10. The Labute approximate surface area is 123 Å². The van der Waals surface area contributed by atoms with Crippen molar-refractivity contribution in [1.29, 1.82) is 5.41 Å². The minimum absolute atomic E-state index is 0.0148. The van der Waals surface area contributed by atoms with Crippen LogP contribution in [0.4, 0.5) is 0 Å². The molecule has 1 N–H and O–H groups in total. The Morgan fingerprint density at radius 1 is 1.21 bits per heavy atom. The van der Waals surface area contributed by atoms with Crippen LogP contribution in [0.2, 0.25) is 0 Å². The van der Waals surface area contributed by atoms with Gasteiger partial charge in [0, 0.05) is 28.3 Å². The van der Waals surface area contributed by atoms with E-state index in [1.807, 2.05) is 7.11 Å². The van der Waals surface area contributed by atoms with Crippen molar-refractivity contribution in [3.8, 4) is 0 Å². The lowest BCUT2D eigenvalue weighted by molar-refractivity contribution is -0.0408. The van der Waals surface area contributed by atoms with Gasteiger partial charge in [-0.3, -0.25) is 0 Å². The molecule has 0 amide bonds. The first-order valence-electron chi connectivity index (χ1n) is 6.91. The monoisotopic (exact) mass is 321 g/mol. The number of hydrogen-bond acceptors (Lipinski definition) is 2. The van der Waals surface area contributed by atoms with Gasteiger partial charge >= 0.3 is 0 Å². The van der Waals surface area contributed by atoms with E-state index >= 15 is 0 Å². The zero-order chi connectivity index (χ0) is 13.7.